The molecule has 2 N–H and O–H groups in total. The van der Waals surface area contributed by atoms with Gasteiger partial charge in [0, 0.05) is 17.5 Å². The van der Waals surface area contributed by atoms with Crippen molar-refractivity contribution in [1.29, 1.82) is 0 Å². The number of carbonyl (C=O) groups excluding carboxylic acids is 1. The lowest BCUT2D eigenvalue weighted by molar-refractivity contribution is 0.0847. The summed E-state index contributed by atoms with van der Waals surface area (Å²) in [5.41, 5.74) is 7.19. The summed E-state index contributed by atoms with van der Waals surface area (Å²) in [5, 5.41) is 0. The predicted octanol–water partition coefficient (Wildman–Crippen LogP) is 3.37. The molecule has 0 radical (unpaired) electrons. The minimum absolute atomic E-state index is 0.121. The average Bonchev–Trinajstić information content (AvgIpc) is 2.37. The molecule has 1 aromatic carbocycles. The first kappa shape index (κ1) is 13.9. The summed E-state index contributed by atoms with van der Waals surface area (Å²) in [7, 11) is 0. The van der Waals surface area contributed by atoms with E-state index >= 15 is 0 Å². The summed E-state index contributed by atoms with van der Waals surface area (Å²) in [6.45, 7) is 8.51. The van der Waals surface area contributed by atoms with Crippen LogP contribution in [0.4, 0.5) is 0 Å². The van der Waals surface area contributed by atoms with Crippen molar-refractivity contribution in [3.8, 4) is 0 Å². The largest absolute Gasteiger partial charge is 0.329 e. The van der Waals surface area contributed by atoms with Crippen molar-refractivity contribution in [2.45, 2.75) is 40.0 Å². The lowest BCUT2D eigenvalue weighted by Crippen LogP contribution is -2.32. The lowest BCUT2D eigenvalue weighted by Gasteiger charge is -2.21. The number of nitrogens with two attached hydrogens (primary N) is 1. The van der Waals surface area contributed by atoms with Crippen LogP contribution < -0.4 is 5.73 Å². The molecule has 1 atom stereocenters. The van der Waals surface area contributed by atoms with E-state index in [4.69, 9.17) is 5.73 Å². The third kappa shape index (κ3) is 3.16. The van der Waals surface area contributed by atoms with Crippen molar-refractivity contribution in [1.82, 2.24) is 0 Å². The number of Topliss-reactive ketones (excluding diaryl/α,β-unsaturated/α-hetero) is 1. The van der Waals surface area contributed by atoms with Gasteiger partial charge < -0.3 is 5.73 Å². The van der Waals surface area contributed by atoms with Crippen LogP contribution in [0.15, 0.2) is 24.3 Å². The van der Waals surface area contributed by atoms with Crippen molar-refractivity contribution in [3.63, 3.8) is 0 Å². The van der Waals surface area contributed by atoms with E-state index in [0.717, 1.165) is 12.0 Å². The van der Waals surface area contributed by atoms with Crippen LogP contribution in [0.5, 0.6) is 0 Å². The van der Waals surface area contributed by atoms with E-state index in [0.29, 0.717) is 12.5 Å². The summed E-state index contributed by atoms with van der Waals surface area (Å²) in [6.07, 6.45) is 1.11. The SMILES string of the molecule is CCC(C)c1ccc(C(=O)C(C)(C)CN)cc1. The Labute approximate surface area is 104 Å². The van der Waals surface area contributed by atoms with Crippen molar-refractivity contribution in [2.24, 2.45) is 11.1 Å². The van der Waals surface area contributed by atoms with E-state index in [1.807, 2.05) is 38.1 Å². The molecule has 17 heavy (non-hydrogen) atoms. The molecular weight excluding hydrogens is 210 g/mol. The van der Waals surface area contributed by atoms with Gasteiger partial charge >= 0.3 is 0 Å². The third-order valence-corrected chi connectivity index (χ3v) is 3.48. The molecule has 0 aliphatic rings. The van der Waals surface area contributed by atoms with Gasteiger partial charge in [-0.25, -0.2) is 0 Å². The molecule has 2 heteroatoms. The Hall–Kier alpha value is -1.15. The van der Waals surface area contributed by atoms with Gasteiger partial charge in [-0.05, 0) is 17.9 Å². The lowest BCUT2D eigenvalue weighted by atomic mass is 9.84. The van der Waals surface area contributed by atoms with Gasteiger partial charge in [0.2, 0.25) is 0 Å². The molecule has 0 saturated heterocycles. The minimum Gasteiger partial charge on any atom is -0.329 e. The maximum atomic E-state index is 12.2. The molecule has 0 amide bonds. The smallest absolute Gasteiger partial charge is 0.169 e. The highest BCUT2D eigenvalue weighted by Gasteiger charge is 2.26. The first-order chi connectivity index (χ1) is 7.92. The molecule has 0 spiro atoms. The number of ketones is 1. The summed E-state index contributed by atoms with van der Waals surface area (Å²) < 4.78 is 0. The molecular formula is C15H23NO. The zero-order valence-corrected chi connectivity index (χ0v) is 11.3. The van der Waals surface area contributed by atoms with E-state index < -0.39 is 5.41 Å². The van der Waals surface area contributed by atoms with E-state index in [1.54, 1.807) is 0 Å². The fraction of sp³-hybridized carbons (Fsp3) is 0.533. The summed E-state index contributed by atoms with van der Waals surface area (Å²) in [6, 6.07) is 7.93. The topological polar surface area (TPSA) is 43.1 Å². The molecule has 0 bridgehead atoms. The van der Waals surface area contributed by atoms with Crippen molar-refractivity contribution in [2.75, 3.05) is 6.54 Å². The Bertz CT molecular complexity index is 378. The van der Waals surface area contributed by atoms with Crippen LogP contribution in [0.2, 0.25) is 0 Å². The van der Waals surface area contributed by atoms with Gasteiger partial charge in [-0.2, -0.15) is 0 Å². The van der Waals surface area contributed by atoms with Crippen LogP contribution in [-0.2, 0) is 0 Å². The summed E-state index contributed by atoms with van der Waals surface area (Å²) in [5.74, 6) is 0.664. The molecule has 0 aliphatic heterocycles. The molecule has 1 rings (SSSR count). The van der Waals surface area contributed by atoms with Gasteiger partial charge in [0.15, 0.2) is 5.78 Å². The Kier molecular flexibility index (Phi) is 4.47. The molecule has 0 aliphatic carbocycles. The summed E-state index contributed by atoms with van der Waals surface area (Å²) in [4.78, 5) is 12.2. The second-order valence-corrected chi connectivity index (χ2v) is 5.35. The van der Waals surface area contributed by atoms with E-state index in [9.17, 15) is 4.79 Å². The van der Waals surface area contributed by atoms with Crippen LogP contribution >= 0.6 is 0 Å². The fourth-order valence-corrected chi connectivity index (χ4v) is 1.68. The zero-order valence-electron chi connectivity index (χ0n) is 11.3. The van der Waals surface area contributed by atoms with Gasteiger partial charge in [-0.15, -0.1) is 0 Å². The third-order valence-electron chi connectivity index (χ3n) is 3.48. The van der Waals surface area contributed by atoms with Crippen molar-refractivity contribution < 1.29 is 4.79 Å². The van der Waals surface area contributed by atoms with Crippen LogP contribution in [0.1, 0.15) is 56.0 Å². The Morgan fingerprint density at radius 2 is 1.82 bits per heavy atom. The first-order valence-corrected chi connectivity index (χ1v) is 6.27. The highest BCUT2D eigenvalue weighted by Crippen LogP contribution is 2.23. The van der Waals surface area contributed by atoms with Crippen LogP contribution in [-0.4, -0.2) is 12.3 Å². The normalized spacial score (nSPS) is 13.5. The minimum atomic E-state index is -0.474. The molecule has 94 valence electrons. The van der Waals surface area contributed by atoms with Crippen molar-refractivity contribution in [3.05, 3.63) is 35.4 Å². The highest BCUT2D eigenvalue weighted by atomic mass is 16.1. The maximum absolute atomic E-state index is 12.2. The number of hydrogen-bond acceptors (Lipinski definition) is 2. The van der Waals surface area contributed by atoms with Crippen LogP contribution in [0, 0.1) is 5.41 Å². The number of benzene rings is 1. The Morgan fingerprint density at radius 3 is 2.24 bits per heavy atom. The standard InChI is InChI=1S/C15H23NO/c1-5-11(2)12-6-8-13(9-7-12)14(17)15(3,4)10-16/h6-9,11H,5,10,16H2,1-4H3. The molecule has 0 saturated carbocycles. The Balaban J connectivity index is 2.92. The molecule has 2 nitrogen and oxygen atoms in total. The predicted molar refractivity (Wildman–Crippen MR) is 72.3 cm³/mol. The zero-order chi connectivity index (χ0) is 13.1. The molecule has 0 fully saturated rings. The quantitative estimate of drug-likeness (QED) is 0.792. The van der Waals surface area contributed by atoms with Crippen LogP contribution in [0.3, 0.4) is 0 Å². The second kappa shape index (κ2) is 5.46. The van der Waals surface area contributed by atoms with E-state index in [-0.39, 0.29) is 5.78 Å². The first-order valence-electron chi connectivity index (χ1n) is 6.27. The van der Waals surface area contributed by atoms with Crippen molar-refractivity contribution >= 4 is 5.78 Å². The number of carbonyl (C=O) groups is 1. The molecule has 1 unspecified atom stereocenters. The summed E-state index contributed by atoms with van der Waals surface area (Å²) >= 11 is 0. The van der Waals surface area contributed by atoms with E-state index in [2.05, 4.69) is 13.8 Å². The van der Waals surface area contributed by atoms with Gasteiger partial charge in [-0.1, -0.05) is 52.0 Å². The van der Waals surface area contributed by atoms with Gasteiger partial charge in [0.25, 0.3) is 0 Å². The number of hydrogen-bond donors (Lipinski definition) is 1. The molecule has 1 aromatic rings. The van der Waals surface area contributed by atoms with Crippen LogP contribution in [0.25, 0.3) is 0 Å². The molecule has 0 aromatic heterocycles. The van der Waals surface area contributed by atoms with Gasteiger partial charge in [-0.3, -0.25) is 4.79 Å². The number of rotatable bonds is 5. The monoisotopic (exact) mass is 233 g/mol. The molecule has 0 heterocycles. The second-order valence-electron chi connectivity index (χ2n) is 5.35. The van der Waals surface area contributed by atoms with E-state index in [1.165, 1.54) is 5.56 Å². The maximum Gasteiger partial charge on any atom is 0.169 e. The Morgan fingerprint density at radius 1 is 1.29 bits per heavy atom. The fourth-order valence-electron chi connectivity index (χ4n) is 1.68. The van der Waals surface area contributed by atoms with Gasteiger partial charge in [0.1, 0.15) is 0 Å². The average molecular weight is 233 g/mol. The highest BCUT2D eigenvalue weighted by molar-refractivity contribution is 6.00. The van der Waals surface area contributed by atoms with Gasteiger partial charge in [0.05, 0.1) is 0 Å².